The fourth-order valence-corrected chi connectivity index (χ4v) is 2.95. The molecule has 3 aromatic rings. The normalized spacial score (nSPS) is 14.4. The maximum Gasteiger partial charge on any atom is 0.246 e. The van der Waals surface area contributed by atoms with Crippen LogP contribution in [0, 0.1) is 0 Å². The fraction of sp³-hybridized carbons (Fsp3) is 0.200. The number of furan rings is 1. The van der Waals surface area contributed by atoms with E-state index >= 15 is 0 Å². The van der Waals surface area contributed by atoms with E-state index in [1.807, 2.05) is 35.2 Å². The maximum absolute atomic E-state index is 12.3. The molecule has 1 aliphatic rings. The molecule has 0 unspecified atom stereocenters. The lowest BCUT2D eigenvalue weighted by molar-refractivity contribution is -0.126. The Morgan fingerprint density at radius 2 is 1.96 bits per heavy atom. The van der Waals surface area contributed by atoms with Crippen LogP contribution >= 0.6 is 0 Å². The lowest BCUT2D eigenvalue weighted by Crippen LogP contribution is -2.48. The number of aromatic nitrogens is 3. The molecule has 0 aromatic carbocycles. The molecule has 4 heterocycles. The Kier molecular flexibility index (Phi) is 5.28. The number of hydrogen-bond donors (Lipinski definition) is 1. The Bertz CT molecular complexity index is 917. The van der Waals surface area contributed by atoms with E-state index in [4.69, 9.17) is 4.42 Å². The van der Waals surface area contributed by atoms with Crippen molar-refractivity contribution in [2.45, 2.75) is 0 Å². The first-order valence-electron chi connectivity index (χ1n) is 9.04. The molecule has 1 fully saturated rings. The van der Waals surface area contributed by atoms with Crippen LogP contribution in [-0.2, 0) is 4.79 Å². The van der Waals surface area contributed by atoms with E-state index < -0.39 is 0 Å². The van der Waals surface area contributed by atoms with Gasteiger partial charge in [0.25, 0.3) is 0 Å². The lowest BCUT2D eigenvalue weighted by atomic mass is 10.3. The predicted octanol–water partition coefficient (Wildman–Crippen LogP) is 2.57. The standard InChI is InChI=1S/C20H20N6O2/c27-20(8-5-17-4-2-14-28-17)26-12-10-25(11-13-26)19-7-6-18(23-24-19)22-16-3-1-9-21-15-16/h1-9,14-15H,10-13H2,(H,22,23). The van der Waals surface area contributed by atoms with Gasteiger partial charge in [-0.25, -0.2) is 0 Å². The second-order valence-corrected chi connectivity index (χ2v) is 6.30. The first-order chi connectivity index (χ1) is 13.8. The summed E-state index contributed by atoms with van der Waals surface area (Å²) in [6.45, 7) is 2.70. The van der Waals surface area contributed by atoms with Gasteiger partial charge in [-0.15, -0.1) is 10.2 Å². The number of anilines is 3. The average Bonchev–Trinajstić information content (AvgIpc) is 3.27. The zero-order chi connectivity index (χ0) is 19.2. The van der Waals surface area contributed by atoms with Gasteiger partial charge in [0, 0.05) is 38.5 Å². The number of carbonyl (C=O) groups is 1. The van der Waals surface area contributed by atoms with E-state index in [-0.39, 0.29) is 5.91 Å². The summed E-state index contributed by atoms with van der Waals surface area (Å²) >= 11 is 0. The van der Waals surface area contributed by atoms with E-state index in [0.717, 1.165) is 11.5 Å². The molecular formula is C20H20N6O2. The number of hydrogen-bond acceptors (Lipinski definition) is 7. The zero-order valence-corrected chi connectivity index (χ0v) is 15.2. The summed E-state index contributed by atoms with van der Waals surface area (Å²) in [6.07, 6.45) is 8.27. The molecule has 0 atom stereocenters. The highest BCUT2D eigenvalue weighted by atomic mass is 16.3. The number of rotatable bonds is 5. The van der Waals surface area contributed by atoms with Crippen molar-refractivity contribution < 1.29 is 9.21 Å². The van der Waals surface area contributed by atoms with Crippen molar-refractivity contribution >= 4 is 29.3 Å². The van der Waals surface area contributed by atoms with E-state index in [9.17, 15) is 4.79 Å². The van der Waals surface area contributed by atoms with Crippen LogP contribution in [0.2, 0.25) is 0 Å². The van der Waals surface area contributed by atoms with Crippen LogP contribution in [0.15, 0.2) is 65.5 Å². The van der Waals surface area contributed by atoms with Crippen molar-refractivity contribution in [1.82, 2.24) is 20.1 Å². The highest BCUT2D eigenvalue weighted by Gasteiger charge is 2.20. The second-order valence-electron chi connectivity index (χ2n) is 6.30. The summed E-state index contributed by atoms with van der Waals surface area (Å²) in [7, 11) is 0. The number of pyridine rings is 1. The number of piperazine rings is 1. The smallest absolute Gasteiger partial charge is 0.246 e. The summed E-state index contributed by atoms with van der Waals surface area (Å²) < 4.78 is 5.20. The molecule has 1 amide bonds. The summed E-state index contributed by atoms with van der Waals surface area (Å²) in [6, 6.07) is 11.2. The van der Waals surface area contributed by atoms with Crippen LogP contribution in [0.25, 0.3) is 6.08 Å². The Hall–Kier alpha value is -3.68. The van der Waals surface area contributed by atoms with Gasteiger partial charge in [0.1, 0.15) is 5.76 Å². The Morgan fingerprint density at radius 1 is 1.07 bits per heavy atom. The van der Waals surface area contributed by atoms with Crippen LogP contribution in [0.1, 0.15) is 5.76 Å². The van der Waals surface area contributed by atoms with E-state index in [0.29, 0.717) is 37.8 Å². The van der Waals surface area contributed by atoms with Crippen LogP contribution in [0.4, 0.5) is 17.3 Å². The fourth-order valence-electron chi connectivity index (χ4n) is 2.95. The maximum atomic E-state index is 12.3. The second kappa shape index (κ2) is 8.34. The van der Waals surface area contributed by atoms with Crippen LogP contribution in [-0.4, -0.2) is 52.2 Å². The van der Waals surface area contributed by atoms with Gasteiger partial charge in [0.15, 0.2) is 11.6 Å². The first kappa shape index (κ1) is 17.7. The molecule has 1 N–H and O–H groups in total. The quantitative estimate of drug-likeness (QED) is 0.685. The molecule has 3 aromatic heterocycles. The van der Waals surface area contributed by atoms with Crippen molar-refractivity contribution in [3.05, 3.63) is 66.9 Å². The Morgan fingerprint density at radius 3 is 2.64 bits per heavy atom. The highest BCUT2D eigenvalue weighted by Crippen LogP contribution is 2.17. The summed E-state index contributed by atoms with van der Waals surface area (Å²) in [5.41, 5.74) is 0.860. The molecule has 8 heteroatoms. The molecule has 8 nitrogen and oxygen atoms in total. The SMILES string of the molecule is O=C(C=Cc1ccco1)N1CCN(c2ccc(Nc3cccnc3)nn2)CC1. The van der Waals surface area contributed by atoms with E-state index in [1.54, 1.807) is 36.9 Å². The van der Waals surface area contributed by atoms with Crippen molar-refractivity contribution in [1.29, 1.82) is 0 Å². The molecule has 4 rings (SSSR count). The van der Waals surface area contributed by atoms with Crippen molar-refractivity contribution in [2.75, 3.05) is 36.4 Å². The van der Waals surface area contributed by atoms with Gasteiger partial charge in [0.05, 0.1) is 18.1 Å². The zero-order valence-electron chi connectivity index (χ0n) is 15.2. The minimum Gasteiger partial charge on any atom is -0.465 e. The minimum atomic E-state index is -0.0156. The molecule has 0 aliphatic carbocycles. The van der Waals surface area contributed by atoms with Gasteiger partial charge >= 0.3 is 0 Å². The third-order valence-corrected chi connectivity index (χ3v) is 4.43. The molecular weight excluding hydrogens is 356 g/mol. The van der Waals surface area contributed by atoms with E-state index in [2.05, 4.69) is 25.4 Å². The van der Waals surface area contributed by atoms with Crippen molar-refractivity contribution in [3.63, 3.8) is 0 Å². The van der Waals surface area contributed by atoms with Gasteiger partial charge in [0.2, 0.25) is 5.91 Å². The molecule has 0 spiro atoms. The van der Waals surface area contributed by atoms with Gasteiger partial charge in [-0.05, 0) is 42.5 Å². The van der Waals surface area contributed by atoms with Crippen LogP contribution < -0.4 is 10.2 Å². The Balaban J connectivity index is 1.30. The molecule has 0 radical (unpaired) electrons. The molecule has 1 saturated heterocycles. The van der Waals surface area contributed by atoms with Gasteiger partial charge in [-0.3, -0.25) is 9.78 Å². The molecule has 1 aliphatic heterocycles. The van der Waals surface area contributed by atoms with Gasteiger partial charge in [-0.1, -0.05) is 0 Å². The number of nitrogens with one attached hydrogen (secondary N) is 1. The highest BCUT2D eigenvalue weighted by molar-refractivity contribution is 5.91. The molecule has 0 bridgehead atoms. The average molecular weight is 376 g/mol. The molecule has 142 valence electrons. The van der Waals surface area contributed by atoms with Gasteiger partial charge < -0.3 is 19.5 Å². The molecule has 28 heavy (non-hydrogen) atoms. The third kappa shape index (κ3) is 4.35. The van der Waals surface area contributed by atoms with Crippen LogP contribution in [0.3, 0.4) is 0 Å². The number of carbonyl (C=O) groups excluding carboxylic acids is 1. The van der Waals surface area contributed by atoms with E-state index in [1.165, 1.54) is 0 Å². The first-order valence-corrected chi connectivity index (χ1v) is 9.04. The lowest BCUT2D eigenvalue weighted by Gasteiger charge is -2.34. The summed E-state index contributed by atoms with van der Waals surface area (Å²) in [5, 5.41) is 11.7. The Labute approximate surface area is 162 Å². The minimum absolute atomic E-state index is 0.0156. The van der Waals surface area contributed by atoms with Crippen molar-refractivity contribution in [2.24, 2.45) is 0 Å². The largest absolute Gasteiger partial charge is 0.465 e. The van der Waals surface area contributed by atoms with Gasteiger partial charge in [-0.2, -0.15) is 0 Å². The number of amides is 1. The predicted molar refractivity (Wildman–Crippen MR) is 106 cm³/mol. The number of nitrogens with zero attached hydrogens (tertiary/aromatic N) is 5. The summed E-state index contributed by atoms with van der Waals surface area (Å²) in [4.78, 5) is 20.3. The molecule has 0 saturated carbocycles. The third-order valence-electron chi connectivity index (χ3n) is 4.43. The van der Waals surface area contributed by atoms with Crippen LogP contribution in [0.5, 0.6) is 0 Å². The summed E-state index contributed by atoms with van der Waals surface area (Å²) in [5.74, 6) is 2.11. The topological polar surface area (TPSA) is 87.4 Å². The van der Waals surface area contributed by atoms with Crippen molar-refractivity contribution in [3.8, 4) is 0 Å². The monoisotopic (exact) mass is 376 g/mol.